The van der Waals surface area contributed by atoms with Gasteiger partial charge < -0.3 is 21.5 Å². The third-order valence-electron chi connectivity index (χ3n) is 6.11. The van der Waals surface area contributed by atoms with Gasteiger partial charge in [0.15, 0.2) is 12.5 Å². The number of amidine groups is 1. The van der Waals surface area contributed by atoms with Gasteiger partial charge in [-0.1, -0.05) is 0 Å². The summed E-state index contributed by atoms with van der Waals surface area (Å²) < 4.78 is 53.4. The maximum atomic E-state index is 13.0. The molecule has 0 amide bonds. The minimum atomic E-state index is -4.53. The summed E-state index contributed by atoms with van der Waals surface area (Å²) in [6.45, 7) is 1.33. The molecule has 1 saturated heterocycles. The van der Waals surface area contributed by atoms with Gasteiger partial charge in [-0.15, -0.1) is 5.11 Å². The van der Waals surface area contributed by atoms with Crippen LogP contribution in [0.25, 0.3) is 0 Å². The summed E-state index contributed by atoms with van der Waals surface area (Å²) in [5.41, 5.74) is 11.6. The van der Waals surface area contributed by atoms with Crippen molar-refractivity contribution in [1.29, 1.82) is 0 Å². The van der Waals surface area contributed by atoms with Gasteiger partial charge in [-0.3, -0.25) is 0 Å². The Morgan fingerprint density at radius 2 is 1.88 bits per heavy atom. The number of piperidine rings is 1. The van der Waals surface area contributed by atoms with Gasteiger partial charge in [-0.25, -0.2) is 31.7 Å². The van der Waals surface area contributed by atoms with Crippen LogP contribution in [0.2, 0.25) is 0 Å². The molecule has 4 atom stereocenters. The molecule has 176 valence electrons. The van der Waals surface area contributed by atoms with Crippen molar-refractivity contribution in [2.24, 2.45) is 49.6 Å². The number of azo groups is 1. The van der Waals surface area contributed by atoms with Crippen LogP contribution in [-0.4, -0.2) is 73.3 Å². The van der Waals surface area contributed by atoms with Gasteiger partial charge in [0.05, 0.1) is 11.7 Å². The Labute approximate surface area is 185 Å². The van der Waals surface area contributed by atoms with Crippen LogP contribution >= 0.6 is 0 Å². The molecule has 1 aromatic rings. The van der Waals surface area contributed by atoms with Crippen molar-refractivity contribution in [3.05, 3.63) is 17.7 Å². The largest absolute Gasteiger partial charge is 0.390 e. The number of anilines is 1. The van der Waals surface area contributed by atoms with Crippen LogP contribution in [0.4, 0.5) is 5.69 Å². The van der Waals surface area contributed by atoms with Crippen LogP contribution in [0.5, 0.6) is 0 Å². The number of primary sulfonamides is 1. The number of nitrogens with zero attached hydrogens (tertiary/aromatic N) is 4. The van der Waals surface area contributed by atoms with Gasteiger partial charge in [-0.05, 0) is 36.4 Å². The normalized spacial score (nSPS) is 25.7. The third kappa shape index (κ3) is 4.16. The van der Waals surface area contributed by atoms with Crippen molar-refractivity contribution in [2.45, 2.75) is 15.9 Å². The fraction of sp³-hybridized carbons (Fsp3) is 0.588. The first-order chi connectivity index (χ1) is 15.1. The van der Waals surface area contributed by atoms with E-state index in [1.807, 2.05) is 4.90 Å². The minimum absolute atomic E-state index is 0.000911. The van der Waals surface area contributed by atoms with E-state index in [2.05, 4.69) is 19.9 Å². The van der Waals surface area contributed by atoms with Gasteiger partial charge >= 0.3 is 0 Å². The number of aliphatic hydroxyl groups is 1. The fourth-order valence-corrected chi connectivity index (χ4v) is 7.11. The predicted octanol–water partition coefficient (Wildman–Crippen LogP) is -2.26. The molecule has 3 aliphatic rings. The fourth-order valence-electron chi connectivity index (χ4n) is 4.45. The van der Waals surface area contributed by atoms with Crippen LogP contribution in [0.3, 0.4) is 0 Å². The van der Waals surface area contributed by atoms with Crippen LogP contribution in [-0.2, 0) is 20.0 Å². The van der Waals surface area contributed by atoms with E-state index in [4.69, 9.17) is 16.6 Å². The van der Waals surface area contributed by atoms with E-state index < -0.39 is 42.5 Å². The molecule has 2 fully saturated rings. The Morgan fingerprint density at radius 1 is 1.19 bits per heavy atom. The molecule has 32 heavy (non-hydrogen) atoms. The van der Waals surface area contributed by atoms with E-state index in [1.165, 1.54) is 12.1 Å². The van der Waals surface area contributed by atoms with Gasteiger partial charge in [0.1, 0.15) is 9.79 Å². The summed E-state index contributed by atoms with van der Waals surface area (Å²) in [6, 6.07) is 2.71. The molecule has 13 nitrogen and oxygen atoms in total. The number of fused-ring (bicyclic) bond motifs is 1. The zero-order chi connectivity index (χ0) is 23.3. The summed E-state index contributed by atoms with van der Waals surface area (Å²) >= 11 is 0. The maximum Gasteiger partial charge on any atom is 0.242 e. The standard InChI is InChI=1S/C17H26N8O5S2/c18-3-9(26)5-23-32(29,30)14-2-1-13(25-6-11-10(4-19)12(11)7-25)15(16(14)31(20,27)28)17-21-8-22-24-17/h1-2,9-12,23,26H,3-8,18-19H2,(H2,20,27,28)/t9-,10?,11-,12+/m1/s1. The minimum Gasteiger partial charge on any atom is -0.390 e. The van der Waals surface area contributed by atoms with E-state index in [0.29, 0.717) is 43.1 Å². The molecule has 0 radical (unpaired) electrons. The summed E-state index contributed by atoms with van der Waals surface area (Å²) in [7, 11) is -8.91. The molecule has 8 N–H and O–H groups in total. The number of aliphatic imine (C=N–C) groups is 1. The van der Waals surface area contributed by atoms with Gasteiger partial charge in [0.25, 0.3) is 0 Å². The zero-order valence-electron chi connectivity index (χ0n) is 17.1. The van der Waals surface area contributed by atoms with Gasteiger partial charge in [0, 0.05) is 31.9 Å². The van der Waals surface area contributed by atoms with Crippen molar-refractivity contribution < 1.29 is 21.9 Å². The number of sulfonamides is 2. The lowest BCUT2D eigenvalue weighted by molar-refractivity contribution is 0.186. The van der Waals surface area contributed by atoms with E-state index >= 15 is 0 Å². The second-order valence-electron chi connectivity index (χ2n) is 8.07. The molecule has 1 saturated carbocycles. The summed E-state index contributed by atoms with van der Waals surface area (Å²) in [5, 5.41) is 22.8. The Bertz CT molecular complexity index is 1170. The highest BCUT2D eigenvalue weighted by molar-refractivity contribution is 7.92. The Kier molecular flexibility index (Phi) is 6.08. The van der Waals surface area contributed by atoms with E-state index in [-0.39, 0.29) is 24.6 Å². The number of benzene rings is 1. The number of aliphatic hydroxyl groups excluding tert-OH is 1. The molecule has 1 aliphatic carbocycles. The topological polar surface area (TPSA) is 219 Å². The summed E-state index contributed by atoms with van der Waals surface area (Å²) in [5.74, 6) is 1.24. The van der Waals surface area contributed by atoms with Crippen LogP contribution in [0, 0.1) is 17.8 Å². The monoisotopic (exact) mass is 486 g/mol. The molecule has 4 rings (SSSR count). The van der Waals surface area contributed by atoms with Crippen LogP contribution in [0.15, 0.2) is 37.1 Å². The van der Waals surface area contributed by atoms with Gasteiger partial charge in [-0.2, -0.15) is 5.11 Å². The highest BCUT2D eigenvalue weighted by Gasteiger charge is 2.55. The molecule has 0 bridgehead atoms. The average molecular weight is 487 g/mol. The van der Waals surface area contributed by atoms with Crippen molar-refractivity contribution >= 4 is 31.6 Å². The molecular weight excluding hydrogens is 460 g/mol. The zero-order valence-corrected chi connectivity index (χ0v) is 18.8. The average Bonchev–Trinajstić information content (AvgIpc) is 3.13. The highest BCUT2D eigenvalue weighted by atomic mass is 32.2. The number of nitrogens with two attached hydrogens (primary N) is 3. The molecule has 15 heteroatoms. The molecule has 0 spiro atoms. The first-order valence-electron chi connectivity index (χ1n) is 10.0. The van der Waals surface area contributed by atoms with E-state index in [9.17, 15) is 21.9 Å². The number of nitrogens with one attached hydrogen (secondary N) is 1. The lowest BCUT2D eigenvalue weighted by Crippen LogP contribution is -2.37. The van der Waals surface area contributed by atoms with E-state index in [0.717, 1.165) is 0 Å². The summed E-state index contributed by atoms with van der Waals surface area (Å²) in [4.78, 5) is 4.94. The first-order valence-corrected chi connectivity index (χ1v) is 13.1. The Morgan fingerprint density at radius 3 is 2.41 bits per heavy atom. The second kappa shape index (κ2) is 8.40. The summed E-state index contributed by atoms with van der Waals surface area (Å²) in [6.07, 6.45) is -1.14. The maximum absolute atomic E-state index is 13.0. The molecule has 0 aromatic heterocycles. The molecule has 1 aromatic carbocycles. The SMILES string of the molecule is NCC1[C@H]2CN(c3ccc(S(=O)(=O)NC[C@H](O)CN)c(S(N)(=O)=O)c3C3=NCN=N3)C[C@@H]12. The smallest absolute Gasteiger partial charge is 0.242 e. The van der Waals surface area contributed by atoms with Crippen molar-refractivity contribution in [2.75, 3.05) is 44.3 Å². The van der Waals surface area contributed by atoms with Crippen LogP contribution in [0.1, 0.15) is 5.56 Å². The Balaban J connectivity index is 1.83. The van der Waals surface area contributed by atoms with E-state index in [1.54, 1.807) is 0 Å². The van der Waals surface area contributed by atoms with Gasteiger partial charge in [0.2, 0.25) is 20.0 Å². The number of hydrogen-bond acceptors (Lipinski definition) is 11. The molecule has 2 aliphatic heterocycles. The predicted molar refractivity (Wildman–Crippen MR) is 116 cm³/mol. The Hall–Kier alpha value is -2.01. The first kappa shape index (κ1) is 23.2. The third-order valence-corrected chi connectivity index (χ3v) is 8.70. The van der Waals surface area contributed by atoms with Crippen molar-refractivity contribution in [3.8, 4) is 0 Å². The van der Waals surface area contributed by atoms with Crippen molar-refractivity contribution in [3.63, 3.8) is 0 Å². The quantitative estimate of drug-likeness (QED) is 0.256. The highest BCUT2D eigenvalue weighted by Crippen LogP contribution is 2.52. The lowest BCUT2D eigenvalue weighted by Gasteiger charge is -2.26. The van der Waals surface area contributed by atoms with Crippen LogP contribution < -0.4 is 26.2 Å². The molecular formula is C17H26N8O5S2. The number of rotatable bonds is 9. The lowest BCUT2D eigenvalue weighted by atomic mass is 10.1. The van der Waals surface area contributed by atoms with Crippen molar-refractivity contribution in [1.82, 2.24) is 4.72 Å². The second-order valence-corrected chi connectivity index (χ2v) is 11.3. The number of hydrogen-bond donors (Lipinski definition) is 5. The molecule has 2 heterocycles. The molecule has 1 unspecified atom stereocenters.